The molecule has 1 amide bonds. The summed E-state index contributed by atoms with van der Waals surface area (Å²) in [6, 6.07) is 17.5. The van der Waals surface area contributed by atoms with Crippen LogP contribution >= 0.6 is 11.6 Å². The molecule has 1 aliphatic rings. The Bertz CT molecular complexity index is 981. The van der Waals surface area contributed by atoms with Crippen LogP contribution in [0.2, 0.25) is 5.02 Å². The second kappa shape index (κ2) is 8.76. The third-order valence-corrected chi connectivity index (χ3v) is 5.44. The van der Waals surface area contributed by atoms with Gasteiger partial charge in [-0.1, -0.05) is 53.2 Å². The molecule has 1 fully saturated rings. The molecule has 0 spiro atoms. The number of amides is 1. The number of nitrogens with zero attached hydrogens (tertiary/aromatic N) is 4. The monoisotopic (exact) mass is 410 g/mol. The maximum atomic E-state index is 13.0. The van der Waals surface area contributed by atoms with Crippen molar-refractivity contribution in [3.8, 4) is 5.69 Å². The predicted molar refractivity (Wildman–Crippen MR) is 111 cm³/mol. The molecule has 6 nitrogen and oxygen atoms in total. The number of hydrogen-bond donors (Lipinski definition) is 0. The Balaban J connectivity index is 1.36. The third kappa shape index (κ3) is 4.49. The zero-order chi connectivity index (χ0) is 20.2. The maximum absolute atomic E-state index is 13.0. The second-order valence-corrected chi connectivity index (χ2v) is 7.64. The van der Waals surface area contributed by atoms with Gasteiger partial charge in [0.1, 0.15) is 0 Å². The lowest BCUT2D eigenvalue weighted by molar-refractivity contribution is -0.000525. The fraction of sp³-hybridized carbons (Fsp3) is 0.318. The Labute approximate surface area is 175 Å². The van der Waals surface area contributed by atoms with E-state index < -0.39 is 0 Å². The van der Waals surface area contributed by atoms with Crippen molar-refractivity contribution in [1.82, 2.24) is 19.9 Å². The van der Waals surface area contributed by atoms with E-state index in [1.807, 2.05) is 42.2 Å². The van der Waals surface area contributed by atoms with Crippen LogP contribution in [0.4, 0.5) is 0 Å². The molecule has 0 bridgehead atoms. The molecule has 4 rings (SSSR count). The van der Waals surface area contributed by atoms with Crippen LogP contribution in [0.3, 0.4) is 0 Å². The Morgan fingerprint density at radius 2 is 1.90 bits per heavy atom. The van der Waals surface area contributed by atoms with E-state index in [1.54, 1.807) is 16.8 Å². The minimum atomic E-state index is -0.0858. The largest absolute Gasteiger partial charge is 0.373 e. The van der Waals surface area contributed by atoms with Crippen LogP contribution in [0.25, 0.3) is 5.69 Å². The van der Waals surface area contributed by atoms with Gasteiger partial charge in [-0.3, -0.25) is 4.79 Å². The van der Waals surface area contributed by atoms with Crippen LogP contribution in [0.15, 0.2) is 54.6 Å². The highest BCUT2D eigenvalue weighted by Crippen LogP contribution is 2.20. The van der Waals surface area contributed by atoms with Gasteiger partial charge in [-0.2, -0.15) is 0 Å². The highest BCUT2D eigenvalue weighted by atomic mass is 35.5. The first kappa shape index (κ1) is 19.6. The van der Waals surface area contributed by atoms with E-state index in [1.165, 1.54) is 5.56 Å². The van der Waals surface area contributed by atoms with Crippen molar-refractivity contribution in [2.75, 3.05) is 13.1 Å². The summed E-state index contributed by atoms with van der Waals surface area (Å²) in [5.74, 6) is -0.0858. The van der Waals surface area contributed by atoms with E-state index in [9.17, 15) is 4.79 Å². The maximum Gasteiger partial charge on any atom is 0.276 e. The number of hydrogen-bond acceptors (Lipinski definition) is 4. The minimum Gasteiger partial charge on any atom is -0.373 e. The number of ether oxygens (including phenoxy) is 1. The van der Waals surface area contributed by atoms with Crippen molar-refractivity contribution < 1.29 is 9.53 Å². The van der Waals surface area contributed by atoms with Crippen molar-refractivity contribution >= 4 is 17.5 Å². The van der Waals surface area contributed by atoms with Gasteiger partial charge < -0.3 is 9.64 Å². The van der Waals surface area contributed by atoms with Gasteiger partial charge in [-0.25, -0.2) is 4.68 Å². The Morgan fingerprint density at radius 1 is 1.14 bits per heavy atom. The van der Waals surface area contributed by atoms with E-state index in [4.69, 9.17) is 16.3 Å². The molecule has 0 aliphatic carbocycles. The lowest BCUT2D eigenvalue weighted by Gasteiger charge is -2.31. The zero-order valence-corrected chi connectivity index (χ0v) is 17.0. The van der Waals surface area contributed by atoms with E-state index >= 15 is 0 Å². The van der Waals surface area contributed by atoms with Crippen molar-refractivity contribution in [2.45, 2.75) is 32.5 Å². The van der Waals surface area contributed by atoms with E-state index in [2.05, 4.69) is 22.4 Å². The minimum absolute atomic E-state index is 0.0858. The standard InChI is InChI=1S/C22H23ClN4O2/c1-16-21(24-25-27(16)19-9-5-8-18(23)14-19)22(28)26-12-10-20(11-13-26)29-15-17-6-3-2-4-7-17/h2-9,14,20H,10-13,15H2,1H3. The summed E-state index contributed by atoms with van der Waals surface area (Å²) in [5, 5.41) is 8.91. The molecule has 3 aromatic rings. The molecular formula is C22H23ClN4O2. The lowest BCUT2D eigenvalue weighted by Crippen LogP contribution is -2.41. The topological polar surface area (TPSA) is 60.3 Å². The zero-order valence-electron chi connectivity index (χ0n) is 16.3. The molecule has 1 saturated heterocycles. The molecule has 0 saturated carbocycles. The summed E-state index contributed by atoms with van der Waals surface area (Å²) in [6.07, 6.45) is 1.81. The highest BCUT2D eigenvalue weighted by molar-refractivity contribution is 6.30. The quantitative estimate of drug-likeness (QED) is 0.636. The number of aromatic nitrogens is 3. The highest BCUT2D eigenvalue weighted by Gasteiger charge is 2.27. The number of benzene rings is 2. The fourth-order valence-corrected chi connectivity index (χ4v) is 3.73. The number of rotatable bonds is 5. The summed E-state index contributed by atoms with van der Waals surface area (Å²) in [5.41, 5.74) is 3.04. The molecule has 0 unspecified atom stereocenters. The van der Waals surface area contributed by atoms with Gasteiger partial charge >= 0.3 is 0 Å². The molecule has 7 heteroatoms. The predicted octanol–water partition coefficient (Wildman–Crippen LogP) is 4.05. The Morgan fingerprint density at radius 3 is 2.62 bits per heavy atom. The molecule has 2 heterocycles. The Hall–Kier alpha value is -2.70. The van der Waals surface area contributed by atoms with Crippen LogP contribution < -0.4 is 0 Å². The van der Waals surface area contributed by atoms with Crippen molar-refractivity contribution in [2.24, 2.45) is 0 Å². The average Bonchev–Trinajstić information content (AvgIpc) is 3.14. The van der Waals surface area contributed by atoms with E-state index in [0.29, 0.717) is 36.1 Å². The molecule has 29 heavy (non-hydrogen) atoms. The first-order valence-corrected chi connectivity index (χ1v) is 10.1. The Kier molecular flexibility index (Phi) is 5.92. The van der Waals surface area contributed by atoms with Crippen molar-refractivity contribution in [3.63, 3.8) is 0 Å². The summed E-state index contributed by atoms with van der Waals surface area (Å²) < 4.78 is 7.66. The lowest BCUT2D eigenvalue weighted by atomic mass is 10.1. The van der Waals surface area contributed by atoms with Crippen LogP contribution in [-0.4, -0.2) is 45.0 Å². The van der Waals surface area contributed by atoms with Crippen LogP contribution in [0, 0.1) is 6.92 Å². The first-order valence-electron chi connectivity index (χ1n) is 9.75. The molecule has 0 radical (unpaired) electrons. The smallest absolute Gasteiger partial charge is 0.276 e. The van der Waals surface area contributed by atoms with E-state index in [0.717, 1.165) is 18.5 Å². The summed E-state index contributed by atoms with van der Waals surface area (Å²) in [7, 11) is 0. The number of piperidine rings is 1. The number of carbonyl (C=O) groups excluding carboxylic acids is 1. The molecule has 0 atom stereocenters. The molecular weight excluding hydrogens is 388 g/mol. The summed E-state index contributed by atoms with van der Waals surface area (Å²) in [6.45, 7) is 3.76. The fourth-order valence-electron chi connectivity index (χ4n) is 3.54. The van der Waals surface area contributed by atoms with Gasteiger partial charge in [-0.05, 0) is 43.5 Å². The molecule has 1 aliphatic heterocycles. The van der Waals surface area contributed by atoms with Gasteiger partial charge in [0.25, 0.3) is 5.91 Å². The van der Waals surface area contributed by atoms with Gasteiger partial charge in [0.05, 0.1) is 24.1 Å². The molecule has 0 N–H and O–H groups in total. The molecule has 150 valence electrons. The molecule has 1 aromatic heterocycles. The van der Waals surface area contributed by atoms with Gasteiger partial charge in [0.15, 0.2) is 5.69 Å². The van der Waals surface area contributed by atoms with Crippen molar-refractivity contribution in [3.05, 3.63) is 76.6 Å². The second-order valence-electron chi connectivity index (χ2n) is 7.20. The van der Waals surface area contributed by atoms with Crippen molar-refractivity contribution in [1.29, 1.82) is 0 Å². The van der Waals surface area contributed by atoms with Gasteiger partial charge in [-0.15, -0.1) is 5.10 Å². The average molecular weight is 411 g/mol. The van der Waals surface area contributed by atoms with Crippen LogP contribution in [0.1, 0.15) is 34.6 Å². The third-order valence-electron chi connectivity index (χ3n) is 5.21. The summed E-state index contributed by atoms with van der Waals surface area (Å²) in [4.78, 5) is 14.8. The SMILES string of the molecule is Cc1c(C(=O)N2CCC(OCc3ccccc3)CC2)nnn1-c1cccc(Cl)c1. The van der Waals surface area contributed by atoms with Gasteiger partial charge in [0, 0.05) is 18.1 Å². The van der Waals surface area contributed by atoms with Gasteiger partial charge in [0.2, 0.25) is 0 Å². The molecule has 2 aromatic carbocycles. The number of halogens is 1. The normalized spacial score (nSPS) is 14.9. The first-order chi connectivity index (χ1) is 14.1. The summed E-state index contributed by atoms with van der Waals surface area (Å²) >= 11 is 6.07. The number of likely N-dealkylation sites (tertiary alicyclic amines) is 1. The van der Waals surface area contributed by atoms with E-state index in [-0.39, 0.29) is 12.0 Å². The number of carbonyl (C=O) groups is 1. The van der Waals surface area contributed by atoms with Crippen LogP contribution in [-0.2, 0) is 11.3 Å². The van der Waals surface area contributed by atoms with Crippen LogP contribution in [0.5, 0.6) is 0 Å².